The van der Waals surface area contributed by atoms with Crippen LogP contribution in [0, 0.1) is 12.8 Å². The fourth-order valence-electron chi connectivity index (χ4n) is 4.75. The molecule has 9 heteroatoms. The van der Waals surface area contributed by atoms with Crippen LogP contribution >= 0.6 is 15.9 Å². The molecule has 0 heterocycles. The predicted octanol–water partition coefficient (Wildman–Crippen LogP) is 6.37. The second-order valence-corrected chi connectivity index (χ2v) is 13.9. The molecule has 0 unspecified atom stereocenters. The summed E-state index contributed by atoms with van der Waals surface area (Å²) < 4.78 is 29.8. The number of benzene rings is 4. The quantitative estimate of drug-likeness (QED) is 0.179. The van der Waals surface area contributed by atoms with Gasteiger partial charge in [0.25, 0.3) is 10.0 Å². The van der Waals surface area contributed by atoms with Gasteiger partial charge in [-0.15, -0.1) is 0 Å². The van der Waals surface area contributed by atoms with Crippen LogP contribution in [-0.4, -0.2) is 44.3 Å². The van der Waals surface area contributed by atoms with Crippen molar-refractivity contribution in [2.75, 3.05) is 17.4 Å². The minimum atomic E-state index is -4.14. The summed E-state index contributed by atoms with van der Waals surface area (Å²) in [5.41, 5.74) is 3.12. The summed E-state index contributed by atoms with van der Waals surface area (Å²) in [5, 5.41) is 3.01. The van der Waals surface area contributed by atoms with Gasteiger partial charge in [-0.1, -0.05) is 114 Å². The van der Waals surface area contributed by atoms with Gasteiger partial charge in [0.2, 0.25) is 11.8 Å². The number of carbonyl (C=O) groups excluding carboxylic acids is 2. The summed E-state index contributed by atoms with van der Waals surface area (Å²) in [6.07, 6.45) is 0.269. The molecule has 0 saturated carbocycles. The molecule has 4 aromatic carbocycles. The van der Waals surface area contributed by atoms with E-state index >= 15 is 0 Å². The number of rotatable bonds is 13. The number of hydrogen-bond acceptors (Lipinski definition) is 4. The van der Waals surface area contributed by atoms with Crippen molar-refractivity contribution in [1.29, 1.82) is 0 Å². The van der Waals surface area contributed by atoms with E-state index < -0.39 is 28.5 Å². The molecule has 4 rings (SSSR count). The first kappa shape index (κ1) is 33.0. The molecule has 0 aliphatic rings. The van der Waals surface area contributed by atoms with Crippen LogP contribution in [-0.2, 0) is 32.6 Å². The summed E-state index contributed by atoms with van der Waals surface area (Å²) in [7, 11) is -4.14. The summed E-state index contributed by atoms with van der Waals surface area (Å²) >= 11 is 3.44. The molecular weight excluding hydrogens is 638 g/mol. The highest BCUT2D eigenvalue weighted by Crippen LogP contribution is 2.27. The Morgan fingerprint density at radius 1 is 0.818 bits per heavy atom. The van der Waals surface area contributed by atoms with Crippen LogP contribution < -0.4 is 9.62 Å². The number of halogens is 1. The van der Waals surface area contributed by atoms with E-state index in [1.54, 1.807) is 42.5 Å². The van der Waals surface area contributed by atoms with Crippen molar-refractivity contribution in [2.24, 2.45) is 5.92 Å². The molecule has 2 amide bonds. The lowest BCUT2D eigenvalue weighted by molar-refractivity contribution is -0.140. The lowest BCUT2D eigenvalue weighted by atomic mass is 10.0. The summed E-state index contributed by atoms with van der Waals surface area (Å²) in [5.74, 6) is -0.575. The zero-order chi connectivity index (χ0) is 31.7. The Hall–Kier alpha value is -3.95. The topological polar surface area (TPSA) is 86.8 Å². The van der Waals surface area contributed by atoms with E-state index in [9.17, 15) is 18.0 Å². The van der Waals surface area contributed by atoms with Gasteiger partial charge in [0, 0.05) is 24.0 Å². The molecule has 4 aromatic rings. The maximum atomic E-state index is 14.5. The smallest absolute Gasteiger partial charge is 0.264 e. The molecule has 0 aromatic heterocycles. The second kappa shape index (κ2) is 15.2. The first-order valence-electron chi connectivity index (χ1n) is 14.5. The largest absolute Gasteiger partial charge is 0.354 e. The zero-order valence-electron chi connectivity index (χ0n) is 25.2. The van der Waals surface area contributed by atoms with Crippen LogP contribution in [0.15, 0.2) is 119 Å². The number of amides is 2. The Kier molecular flexibility index (Phi) is 11.4. The van der Waals surface area contributed by atoms with Crippen molar-refractivity contribution in [1.82, 2.24) is 10.2 Å². The van der Waals surface area contributed by atoms with Gasteiger partial charge in [-0.05, 0) is 54.3 Å². The van der Waals surface area contributed by atoms with Crippen LogP contribution in [0.25, 0.3) is 0 Å². The third-order valence-corrected chi connectivity index (χ3v) is 9.42. The molecule has 0 aliphatic heterocycles. The monoisotopic (exact) mass is 675 g/mol. The van der Waals surface area contributed by atoms with Crippen LogP contribution in [0.3, 0.4) is 0 Å². The van der Waals surface area contributed by atoms with Crippen LogP contribution in [0.4, 0.5) is 5.69 Å². The molecule has 1 N–H and O–H groups in total. The SMILES string of the molecule is Cc1ccc(CN(C(=O)CN(c2cccc(Br)c2)S(=O)(=O)c2ccccc2)[C@@H](Cc2ccccc2)C(=O)NCC(C)C)cc1. The van der Waals surface area contributed by atoms with E-state index in [4.69, 9.17) is 0 Å². The molecule has 0 radical (unpaired) electrons. The Morgan fingerprint density at radius 2 is 1.45 bits per heavy atom. The molecule has 230 valence electrons. The molecule has 0 aliphatic carbocycles. The molecular formula is C35H38BrN3O4S. The summed E-state index contributed by atoms with van der Waals surface area (Å²) in [6.45, 7) is 6.07. The van der Waals surface area contributed by atoms with Crippen molar-refractivity contribution in [3.8, 4) is 0 Å². The molecule has 0 fully saturated rings. The van der Waals surface area contributed by atoms with Crippen molar-refractivity contribution >= 4 is 43.5 Å². The third kappa shape index (κ3) is 8.80. The molecule has 0 bridgehead atoms. The number of hydrogen-bond donors (Lipinski definition) is 1. The van der Waals surface area contributed by atoms with E-state index in [2.05, 4.69) is 21.2 Å². The van der Waals surface area contributed by atoms with Crippen LogP contribution in [0.5, 0.6) is 0 Å². The lowest BCUT2D eigenvalue weighted by Gasteiger charge is -2.34. The normalized spacial score (nSPS) is 12.0. The van der Waals surface area contributed by atoms with Crippen LogP contribution in [0.2, 0.25) is 0 Å². The van der Waals surface area contributed by atoms with E-state index in [1.165, 1.54) is 17.0 Å². The summed E-state index contributed by atoms with van der Waals surface area (Å²) in [4.78, 5) is 29.9. The third-order valence-electron chi connectivity index (χ3n) is 7.14. The maximum absolute atomic E-state index is 14.5. The fraction of sp³-hybridized carbons (Fsp3) is 0.257. The van der Waals surface area contributed by atoms with Gasteiger partial charge in [0.15, 0.2) is 0 Å². The first-order chi connectivity index (χ1) is 21.0. The molecule has 7 nitrogen and oxygen atoms in total. The van der Waals surface area contributed by atoms with Crippen molar-refractivity contribution in [2.45, 2.75) is 44.7 Å². The molecule has 44 heavy (non-hydrogen) atoms. The van der Waals surface area contributed by atoms with Crippen molar-refractivity contribution in [3.05, 3.63) is 130 Å². The van der Waals surface area contributed by atoms with Crippen LogP contribution in [0.1, 0.15) is 30.5 Å². The van der Waals surface area contributed by atoms with Gasteiger partial charge in [-0.25, -0.2) is 8.42 Å². The standard InChI is InChI=1S/C35H38BrN3O4S/c1-26(2)23-37-35(41)33(21-28-11-6-4-7-12-28)38(24-29-19-17-27(3)18-20-29)34(40)25-39(31-14-10-13-30(36)22-31)44(42,43)32-15-8-5-9-16-32/h4-20,22,26,33H,21,23-25H2,1-3H3,(H,37,41)/t33-/m0/s1. The van der Waals surface area contributed by atoms with Gasteiger partial charge in [0.05, 0.1) is 10.6 Å². The van der Waals surface area contributed by atoms with Gasteiger partial charge >= 0.3 is 0 Å². The Morgan fingerprint density at radius 3 is 2.07 bits per heavy atom. The average molecular weight is 677 g/mol. The van der Waals surface area contributed by atoms with Gasteiger partial charge in [0.1, 0.15) is 12.6 Å². The highest BCUT2D eigenvalue weighted by Gasteiger charge is 2.34. The molecule has 0 saturated heterocycles. The number of nitrogens with zero attached hydrogens (tertiary/aromatic N) is 2. The number of aryl methyl sites for hydroxylation is 1. The number of anilines is 1. The number of sulfonamides is 1. The fourth-order valence-corrected chi connectivity index (χ4v) is 6.56. The Labute approximate surface area is 269 Å². The van der Waals surface area contributed by atoms with Gasteiger partial charge < -0.3 is 10.2 Å². The van der Waals surface area contributed by atoms with E-state index in [0.717, 1.165) is 21.0 Å². The lowest BCUT2D eigenvalue weighted by Crippen LogP contribution is -2.53. The van der Waals surface area contributed by atoms with E-state index in [1.807, 2.05) is 75.4 Å². The summed E-state index contributed by atoms with van der Waals surface area (Å²) in [6, 6.07) is 31.3. The number of nitrogens with one attached hydrogen (secondary N) is 1. The van der Waals surface area contributed by atoms with E-state index in [0.29, 0.717) is 16.7 Å². The van der Waals surface area contributed by atoms with Crippen molar-refractivity contribution < 1.29 is 18.0 Å². The minimum Gasteiger partial charge on any atom is -0.354 e. The Bertz CT molecular complexity index is 1650. The first-order valence-corrected chi connectivity index (χ1v) is 16.8. The molecule has 1 atom stereocenters. The zero-order valence-corrected chi connectivity index (χ0v) is 27.6. The highest BCUT2D eigenvalue weighted by molar-refractivity contribution is 9.10. The van der Waals surface area contributed by atoms with Gasteiger partial charge in [-0.2, -0.15) is 0 Å². The van der Waals surface area contributed by atoms with E-state index in [-0.39, 0.29) is 29.7 Å². The number of carbonyl (C=O) groups is 2. The predicted molar refractivity (Wildman–Crippen MR) is 179 cm³/mol. The average Bonchev–Trinajstić information content (AvgIpc) is 3.02. The van der Waals surface area contributed by atoms with Gasteiger partial charge in [-0.3, -0.25) is 13.9 Å². The second-order valence-electron chi connectivity index (χ2n) is 11.2. The maximum Gasteiger partial charge on any atom is 0.264 e. The highest BCUT2D eigenvalue weighted by atomic mass is 79.9. The molecule has 0 spiro atoms. The Balaban J connectivity index is 1.79. The van der Waals surface area contributed by atoms with Crippen molar-refractivity contribution in [3.63, 3.8) is 0 Å². The minimum absolute atomic E-state index is 0.0633.